The molecule has 1 aliphatic rings. The highest BCUT2D eigenvalue weighted by Crippen LogP contribution is 2.32. The fraction of sp³-hybridized carbons (Fsp3) is 0.258. The molecule has 0 spiro atoms. The van der Waals surface area contributed by atoms with Crippen LogP contribution >= 0.6 is 0 Å². The van der Waals surface area contributed by atoms with Crippen LogP contribution in [0.1, 0.15) is 34.1 Å². The van der Waals surface area contributed by atoms with Crippen molar-refractivity contribution in [2.45, 2.75) is 39.0 Å². The van der Waals surface area contributed by atoms with Gasteiger partial charge in [-0.3, -0.25) is 14.3 Å². The second-order valence-electron chi connectivity index (χ2n) is 9.95. The summed E-state index contributed by atoms with van der Waals surface area (Å²) in [6, 6.07) is 24.9. The predicted molar refractivity (Wildman–Crippen MR) is 149 cm³/mol. The number of fused-ring (bicyclic) bond motifs is 1. The predicted octanol–water partition coefficient (Wildman–Crippen LogP) is 4.61. The van der Waals surface area contributed by atoms with E-state index in [1.807, 2.05) is 79.7 Å². The van der Waals surface area contributed by atoms with Crippen molar-refractivity contribution < 1.29 is 19.1 Å². The lowest BCUT2D eigenvalue weighted by atomic mass is 9.93. The van der Waals surface area contributed by atoms with Crippen molar-refractivity contribution in [1.29, 1.82) is 0 Å². The number of benzene rings is 3. The number of nitrogens with one attached hydrogen (secondary N) is 1. The Labute approximate surface area is 228 Å². The number of ether oxygens (including phenoxy) is 2. The van der Waals surface area contributed by atoms with Gasteiger partial charge in [0.25, 0.3) is 5.91 Å². The number of hydrogen-bond acceptors (Lipinski definition) is 5. The third kappa shape index (κ3) is 5.10. The number of para-hydroxylation sites is 1. The molecule has 0 fully saturated rings. The molecule has 4 aromatic rings. The number of aryl methyl sites for hydroxylation is 1. The Bertz CT molecular complexity index is 1490. The summed E-state index contributed by atoms with van der Waals surface area (Å²) in [5.74, 6) is 0.921. The molecular weight excluding hydrogens is 492 g/mol. The summed E-state index contributed by atoms with van der Waals surface area (Å²) in [6.45, 7) is 4.60. The van der Waals surface area contributed by atoms with Crippen LogP contribution in [0.4, 0.5) is 0 Å². The van der Waals surface area contributed by atoms with Gasteiger partial charge in [0.15, 0.2) is 0 Å². The highest BCUT2D eigenvalue weighted by Gasteiger charge is 2.48. The summed E-state index contributed by atoms with van der Waals surface area (Å²) < 4.78 is 12.4. The Morgan fingerprint density at radius 3 is 2.41 bits per heavy atom. The number of carbonyl (C=O) groups excluding carboxylic acids is 2. The zero-order chi connectivity index (χ0) is 27.6. The van der Waals surface area contributed by atoms with Crippen LogP contribution in [0.5, 0.6) is 11.5 Å². The number of amides is 2. The van der Waals surface area contributed by atoms with E-state index in [4.69, 9.17) is 14.6 Å². The van der Waals surface area contributed by atoms with Gasteiger partial charge in [0.2, 0.25) is 5.91 Å². The maximum Gasteiger partial charge on any atom is 0.273 e. The molecule has 8 nitrogen and oxygen atoms in total. The Balaban J connectivity index is 1.48. The van der Waals surface area contributed by atoms with Crippen molar-refractivity contribution in [2.24, 2.45) is 0 Å². The van der Waals surface area contributed by atoms with Crippen molar-refractivity contribution >= 4 is 11.8 Å². The van der Waals surface area contributed by atoms with E-state index in [2.05, 4.69) is 5.32 Å². The summed E-state index contributed by atoms with van der Waals surface area (Å²) in [6.07, 6.45) is 0. The second-order valence-corrected chi connectivity index (χ2v) is 9.95. The number of nitrogens with zero attached hydrogens (tertiary/aromatic N) is 3. The highest BCUT2D eigenvalue weighted by molar-refractivity contribution is 6.00. The molecule has 1 aromatic heterocycles. The summed E-state index contributed by atoms with van der Waals surface area (Å²) in [7, 11) is 3.22. The molecule has 0 saturated heterocycles. The van der Waals surface area contributed by atoms with Crippen LogP contribution < -0.4 is 14.8 Å². The van der Waals surface area contributed by atoms with Crippen molar-refractivity contribution in [1.82, 2.24) is 20.0 Å². The van der Waals surface area contributed by atoms with E-state index in [-0.39, 0.29) is 24.9 Å². The summed E-state index contributed by atoms with van der Waals surface area (Å²) in [4.78, 5) is 29.5. The fourth-order valence-electron chi connectivity index (χ4n) is 4.88. The SMILES string of the molecule is COc1ccc(-c2cc3n(n2)C[C@@](C)(C(=O)NCc2ccccc2OC)N(Cc2ccc(C)cc2)C3=O)cc1. The smallest absolute Gasteiger partial charge is 0.273 e. The van der Waals surface area contributed by atoms with E-state index in [0.29, 0.717) is 23.7 Å². The Morgan fingerprint density at radius 1 is 1.00 bits per heavy atom. The van der Waals surface area contributed by atoms with Gasteiger partial charge in [0.1, 0.15) is 22.7 Å². The first kappa shape index (κ1) is 26.0. The molecule has 3 aromatic carbocycles. The molecule has 0 saturated carbocycles. The van der Waals surface area contributed by atoms with E-state index in [9.17, 15) is 9.59 Å². The lowest BCUT2D eigenvalue weighted by molar-refractivity contribution is -0.133. The lowest BCUT2D eigenvalue weighted by Crippen LogP contribution is -2.63. The standard InChI is InChI=1S/C31H32N4O4/c1-21-9-11-22(12-10-21)19-34-29(36)27-17-26(23-13-15-25(38-3)16-14-23)33-35(27)20-31(34,2)30(37)32-18-24-7-5-6-8-28(24)39-4/h5-17H,18-20H2,1-4H3,(H,32,37)/t31-/m0/s1. The van der Waals surface area contributed by atoms with Gasteiger partial charge < -0.3 is 19.7 Å². The maximum atomic E-state index is 14.0. The normalized spacial score (nSPS) is 16.5. The highest BCUT2D eigenvalue weighted by atomic mass is 16.5. The Kier molecular flexibility index (Phi) is 7.11. The van der Waals surface area contributed by atoms with Crippen molar-refractivity contribution in [3.8, 4) is 22.8 Å². The molecule has 0 aliphatic carbocycles. The molecular formula is C31H32N4O4. The molecule has 1 aliphatic heterocycles. The first-order valence-electron chi connectivity index (χ1n) is 12.8. The largest absolute Gasteiger partial charge is 0.497 e. The van der Waals surface area contributed by atoms with Gasteiger partial charge in [0.05, 0.1) is 26.5 Å². The third-order valence-electron chi connectivity index (χ3n) is 7.27. The number of hydrogen-bond donors (Lipinski definition) is 1. The van der Waals surface area contributed by atoms with Gasteiger partial charge in [-0.2, -0.15) is 5.10 Å². The van der Waals surface area contributed by atoms with Crippen LogP contribution in [-0.2, 0) is 24.4 Å². The minimum Gasteiger partial charge on any atom is -0.497 e. The van der Waals surface area contributed by atoms with Gasteiger partial charge in [-0.15, -0.1) is 0 Å². The molecule has 0 bridgehead atoms. The Morgan fingerprint density at radius 2 is 1.72 bits per heavy atom. The molecule has 2 heterocycles. The molecule has 8 heteroatoms. The van der Waals surface area contributed by atoms with E-state index in [0.717, 1.165) is 28.0 Å². The van der Waals surface area contributed by atoms with Gasteiger partial charge in [-0.1, -0.05) is 48.0 Å². The number of carbonyl (C=O) groups is 2. The molecule has 5 rings (SSSR count). The van der Waals surface area contributed by atoms with E-state index in [1.165, 1.54) is 0 Å². The average molecular weight is 525 g/mol. The maximum absolute atomic E-state index is 14.0. The topological polar surface area (TPSA) is 85.7 Å². The molecule has 1 N–H and O–H groups in total. The molecule has 0 unspecified atom stereocenters. The molecule has 1 atom stereocenters. The summed E-state index contributed by atoms with van der Waals surface area (Å²) in [5, 5.41) is 7.78. The zero-order valence-corrected chi connectivity index (χ0v) is 22.6. The molecule has 39 heavy (non-hydrogen) atoms. The Hall–Kier alpha value is -4.59. The van der Waals surface area contributed by atoms with Gasteiger partial charge in [0, 0.05) is 24.2 Å². The van der Waals surface area contributed by atoms with Crippen molar-refractivity contribution in [3.05, 3.63) is 101 Å². The monoisotopic (exact) mass is 524 g/mol. The lowest BCUT2D eigenvalue weighted by Gasteiger charge is -2.43. The minimum absolute atomic E-state index is 0.216. The fourth-order valence-corrected chi connectivity index (χ4v) is 4.88. The van der Waals surface area contributed by atoms with Crippen LogP contribution in [0.3, 0.4) is 0 Å². The number of aromatic nitrogens is 2. The molecule has 0 radical (unpaired) electrons. The quantitative estimate of drug-likeness (QED) is 0.364. The van der Waals surface area contributed by atoms with E-state index < -0.39 is 5.54 Å². The van der Waals surface area contributed by atoms with Crippen LogP contribution in [0.15, 0.2) is 78.9 Å². The number of methoxy groups -OCH3 is 2. The van der Waals surface area contributed by atoms with Crippen molar-refractivity contribution in [2.75, 3.05) is 14.2 Å². The first-order chi connectivity index (χ1) is 18.8. The van der Waals surface area contributed by atoms with Crippen LogP contribution in [0.2, 0.25) is 0 Å². The summed E-state index contributed by atoms with van der Waals surface area (Å²) >= 11 is 0. The van der Waals surface area contributed by atoms with Crippen molar-refractivity contribution in [3.63, 3.8) is 0 Å². The van der Waals surface area contributed by atoms with Crippen LogP contribution in [0.25, 0.3) is 11.3 Å². The molecule has 200 valence electrons. The zero-order valence-electron chi connectivity index (χ0n) is 22.6. The van der Waals surface area contributed by atoms with Gasteiger partial charge in [-0.05, 0) is 55.8 Å². The summed E-state index contributed by atoms with van der Waals surface area (Å²) in [5.41, 5.74) is 3.71. The van der Waals surface area contributed by atoms with E-state index >= 15 is 0 Å². The van der Waals surface area contributed by atoms with E-state index in [1.54, 1.807) is 36.8 Å². The second kappa shape index (κ2) is 10.6. The minimum atomic E-state index is -1.18. The van der Waals surface area contributed by atoms with Crippen LogP contribution in [-0.4, -0.2) is 46.3 Å². The number of rotatable bonds is 8. The van der Waals surface area contributed by atoms with Crippen LogP contribution in [0, 0.1) is 6.92 Å². The third-order valence-corrected chi connectivity index (χ3v) is 7.27. The first-order valence-corrected chi connectivity index (χ1v) is 12.8. The average Bonchev–Trinajstić information content (AvgIpc) is 3.39. The molecule has 2 amide bonds. The van der Waals surface area contributed by atoms with Gasteiger partial charge in [-0.25, -0.2) is 0 Å². The van der Waals surface area contributed by atoms with Gasteiger partial charge >= 0.3 is 0 Å².